The van der Waals surface area contributed by atoms with E-state index >= 15 is 0 Å². The topological polar surface area (TPSA) is 26.3 Å². The molecule has 0 bridgehead atoms. The van der Waals surface area contributed by atoms with Gasteiger partial charge in [-0.25, -0.2) is 0 Å². The van der Waals surface area contributed by atoms with E-state index in [4.69, 9.17) is 4.43 Å². The lowest BCUT2D eigenvalue weighted by atomic mass is 9.68. The van der Waals surface area contributed by atoms with E-state index in [1.165, 1.54) is 12.8 Å². The fraction of sp³-hybridized carbons (Fsp3) is 0.654. The van der Waals surface area contributed by atoms with Gasteiger partial charge in [-0.1, -0.05) is 78.3 Å². The number of benzene rings is 1. The number of carbonyl (C=O) groups excluding carboxylic acids is 1. The molecule has 0 unspecified atom stereocenters. The molecule has 162 valence electrons. The van der Waals surface area contributed by atoms with E-state index in [9.17, 15) is 4.79 Å². The van der Waals surface area contributed by atoms with Crippen LogP contribution in [0.1, 0.15) is 66.4 Å². The molecular weight excluding hydrogens is 372 g/mol. The third kappa shape index (κ3) is 6.39. The SMILES string of the molecule is CC(C)[C@@H]1CC[C@@H](C)C[C@H]1C(=O)/C=C(\CO[Si](C)(C)C(C)(C)C)c1ccccc1. The van der Waals surface area contributed by atoms with Crippen LogP contribution in [-0.2, 0) is 9.22 Å². The van der Waals surface area contributed by atoms with E-state index in [0.29, 0.717) is 30.1 Å². The molecule has 0 spiro atoms. The molecule has 1 aromatic rings. The zero-order valence-corrected chi connectivity index (χ0v) is 20.9. The van der Waals surface area contributed by atoms with Crippen molar-refractivity contribution in [3.05, 3.63) is 42.0 Å². The Balaban J connectivity index is 2.30. The van der Waals surface area contributed by atoms with Gasteiger partial charge in [-0.15, -0.1) is 0 Å². The summed E-state index contributed by atoms with van der Waals surface area (Å²) in [5.41, 5.74) is 2.13. The lowest BCUT2D eigenvalue weighted by Crippen LogP contribution is -2.41. The van der Waals surface area contributed by atoms with Gasteiger partial charge in [-0.05, 0) is 65.9 Å². The normalized spacial score (nSPS) is 24.0. The summed E-state index contributed by atoms with van der Waals surface area (Å²) < 4.78 is 6.51. The Bertz CT molecular complexity index is 697. The summed E-state index contributed by atoms with van der Waals surface area (Å²) in [6, 6.07) is 10.3. The van der Waals surface area contributed by atoms with Crippen LogP contribution in [-0.4, -0.2) is 20.7 Å². The predicted octanol–water partition coefficient (Wildman–Crippen LogP) is 7.37. The van der Waals surface area contributed by atoms with Crippen LogP contribution in [0.5, 0.6) is 0 Å². The van der Waals surface area contributed by atoms with Crippen molar-refractivity contribution in [3.8, 4) is 0 Å². The van der Waals surface area contributed by atoms with Crippen LogP contribution < -0.4 is 0 Å². The van der Waals surface area contributed by atoms with Crippen LogP contribution in [0.15, 0.2) is 36.4 Å². The van der Waals surface area contributed by atoms with Crippen LogP contribution in [0, 0.1) is 23.7 Å². The summed E-state index contributed by atoms with van der Waals surface area (Å²) in [5.74, 6) is 2.12. The van der Waals surface area contributed by atoms with Crippen molar-refractivity contribution >= 4 is 19.7 Å². The summed E-state index contributed by atoms with van der Waals surface area (Å²) in [6.45, 7) is 18.7. The molecule has 1 aromatic carbocycles. The highest BCUT2D eigenvalue weighted by Gasteiger charge is 2.38. The molecule has 1 aliphatic rings. The highest BCUT2D eigenvalue weighted by molar-refractivity contribution is 6.74. The van der Waals surface area contributed by atoms with Crippen LogP contribution in [0.4, 0.5) is 0 Å². The maximum atomic E-state index is 13.4. The molecule has 2 nitrogen and oxygen atoms in total. The van der Waals surface area contributed by atoms with Gasteiger partial charge in [0.25, 0.3) is 0 Å². The molecule has 0 N–H and O–H groups in total. The fourth-order valence-electron chi connectivity index (χ4n) is 4.14. The van der Waals surface area contributed by atoms with Gasteiger partial charge in [-0.2, -0.15) is 0 Å². The van der Waals surface area contributed by atoms with Crippen molar-refractivity contribution in [1.82, 2.24) is 0 Å². The Morgan fingerprint density at radius 3 is 2.34 bits per heavy atom. The summed E-state index contributed by atoms with van der Waals surface area (Å²) >= 11 is 0. The minimum atomic E-state index is -1.89. The van der Waals surface area contributed by atoms with Crippen molar-refractivity contribution < 1.29 is 9.22 Å². The second-order valence-corrected chi connectivity index (χ2v) is 15.7. The molecule has 3 heteroatoms. The fourth-order valence-corrected chi connectivity index (χ4v) is 5.09. The monoisotopic (exact) mass is 414 g/mol. The number of ketones is 1. The first-order chi connectivity index (χ1) is 13.4. The largest absolute Gasteiger partial charge is 0.413 e. The minimum absolute atomic E-state index is 0.144. The third-order valence-corrected chi connectivity index (χ3v) is 11.7. The van der Waals surface area contributed by atoms with E-state index in [-0.39, 0.29) is 11.0 Å². The Hall–Kier alpha value is -1.19. The predicted molar refractivity (Wildman–Crippen MR) is 127 cm³/mol. The molecule has 0 heterocycles. The van der Waals surface area contributed by atoms with Crippen molar-refractivity contribution in [3.63, 3.8) is 0 Å². The van der Waals surface area contributed by atoms with E-state index in [2.05, 4.69) is 66.8 Å². The summed E-state index contributed by atoms with van der Waals surface area (Å²) in [5, 5.41) is 0.153. The zero-order valence-electron chi connectivity index (χ0n) is 19.9. The van der Waals surface area contributed by atoms with Crippen LogP contribution in [0.2, 0.25) is 18.1 Å². The lowest BCUT2D eigenvalue weighted by Gasteiger charge is -2.37. The van der Waals surface area contributed by atoms with Crippen LogP contribution >= 0.6 is 0 Å². The maximum absolute atomic E-state index is 13.4. The number of rotatable bonds is 7. The average molecular weight is 415 g/mol. The Morgan fingerprint density at radius 2 is 1.79 bits per heavy atom. The molecule has 0 amide bonds. The highest BCUT2D eigenvalue weighted by atomic mass is 28.4. The molecule has 1 saturated carbocycles. The number of hydrogen-bond donors (Lipinski definition) is 0. The van der Waals surface area contributed by atoms with Gasteiger partial charge in [0, 0.05) is 5.92 Å². The van der Waals surface area contributed by atoms with Gasteiger partial charge in [-0.3, -0.25) is 4.79 Å². The smallest absolute Gasteiger partial charge is 0.192 e. The Labute approximate surface area is 180 Å². The Morgan fingerprint density at radius 1 is 1.17 bits per heavy atom. The number of hydrogen-bond acceptors (Lipinski definition) is 2. The number of carbonyl (C=O) groups is 1. The van der Waals surface area contributed by atoms with Crippen molar-refractivity contribution in [2.75, 3.05) is 6.61 Å². The van der Waals surface area contributed by atoms with Gasteiger partial charge in [0.1, 0.15) is 0 Å². The minimum Gasteiger partial charge on any atom is -0.413 e. The summed E-state index contributed by atoms with van der Waals surface area (Å²) in [6.07, 6.45) is 5.35. The number of allylic oxidation sites excluding steroid dienone is 1. The maximum Gasteiger partial charge on any atom is 0.192 e. The van der Waals surface area contributed by atoms with Gasteiger partial charge in [0.05, 0.1) is 6.61 Å². The van der Waals surface area contributed by atoms with E-state index in [1.54, 1.807) is 0 Å². The van der Waals surface area contributed by atoms with Crippen LogP contribution in [0.3, 0.4) is 0 Å². The third-order valence-electron chi connectivity index (χ3n) is 7.24. The molecule has 2 rings (SSSR count). The standard InChI is InChI=1S/C26H42O2Si/c1-19(2)23-15-14-20(3)16-24(23)25(27)17-22(21-12-10-9-11-13-21)18-28-29(7,8)26(4,5)6/h9-13,17,19-20,23-24H,14-16,18H2,1-8H3/b22-17+/t20-,23+,24-/m1/s1. The first kappa shape index (κ1) is 24.1. The molecule has 1 fully saturated rings. The molecule has 0 aliphatic heterocycles. The van der Waals surface area contributed by atoms with Gasteiger partial charge in [0.2, 0.25) is 0 Å². The average Bonchev–Trinajstić information content (AvgIpc) is 2.64. The molecule has 3 atom stereocenters. The molecule has 0 saturated heterocycles. The molecule has 29 heavy (non-hydrogen) atoms. The molecule has 0 radical (unpaired) electrons. The van der Waals surface area contributed by atoms with Gasteiger partial charge in [0.15, 0.2) is 14.1 Å². The highest BCUT2D eigenvalue weighted by Crippen LogP contribution is 2.40. The zero-order chi connectivity index (χ0) is 21.8. The molecule has 0 aromatic heterocycles. The second kappa shape index (κ2) is 9.74. The first-order valence-electron chi connectivity index (χ1n) is 11.4. The van der Waals surface area contributed by atoms with Gasteiger partial charge < -0.3 is 4.43 Å². The quantitative estimate of drug-likeness (QED) is 0.344. The molecular formula is C26H42O2Si. The van der Waals surface area contributed by atoms with Crippen molar-refractivity contribution in [2.45, 2.75) is 78.9 Å². The van der Waals surface area contributed by atoms with E-state index in [1.807, 2.05) is 24.3 Å². The molecule has 1 aliphatic carbocycles. The summed E-state index contributed by atoms with van der Waals surface area (Å²) in [7, 11) is -1.89. The van der Waals surface area contributed by atoms with Crippen LogP contribution in [0.25, 0.3) is 5.57 Å². The van der Waals surface area contributed by atoms with Crippen molar-refractivity contribution in [2.24, 2.45) is 23.7 Å². The second-order valence-electron chi connectivity index (χ2n) is 10.9. The van der Waals surface area contributed by atoms with Gasteiger partial charge >= 0.3 is 0 Å². The van der Waals surface area contributed by atoms with Crippen molar-refractivity contribution in [1.29, 1.82) is 0 Å². The van der Waals surface area contributed by atoms with E-state index in [0.717, 1.165) is 17.6 Å². The summed E-state index contributed by atoms with van der Waals surface area (Å²) in [4.78, 5) is 13.4. The first-order valence-corrected chi connectivity index (χ1v) is 14.3. The lowest BCUT2D eigenvalue weighted by molar-refractivity contribution is -0.122. The Kier molecular flexibility index (Phi) is 8.09. The van der Waals surface area contributed by atoms with E-state index < -0.39 is 8.32 Å².